The first-order valence-electron chi connectivity index (χ1n) is 6.50. The van der Waals surface area contributed by atoms with Crippen LogP contribution in [-0.4, -0.2) is 33.6 Å². The number of aromatic nitrogens is 4. The summed E-state index contributed by atoms with van der Waals surface area (Å²) in [6.07, 6.45) is 2.86. The Balaban J connectivity index is 1.67. The summed E-state index contributed by atoms with van der Waals surface area (Å²) in [7, 11) is 1.49. The number of hydrogen-bond acceptors (Lipinski definition) is 5. The fourth-order valence-corrected chi connectivity index (χ4v) is 2.30. The lowest BCUT2D eigenvalue weighted by Crippen LogP contribution is -2.09. The van der Waals surface area contributed by atoms with Crippen LogP contribution >= 0.6 is 11.6 Å². The third-order valence-electron chi connectivity index (χ3n) is 3.12. The number of aromatic amines is 1. The monoisotopic (exact) mass is 303 g/mol. The molecule has 0 amide bonds. The van der Waals surface area contributed by atoms with Crippen molar-refractivity contribution in [1.82, 2.24) is 19.9 Å². The van der Waals surface area contributed by atoms with Gasteiger partial charge in [-0.3, -0.25) is 0 Å². The number of para-hydroxylation sites is 1. The van der Waals surface area contributed by atoms with Crippen molar-refractivity contribution in [2.45, 2.75) is 6.42 Å². The van der Waals surface area contributed by atoms with Gasteiger partial charge in [0.2, 0.25) is 11.2 Å². The molecule has 108 valence electrons. The quantitative estimate of drug-likeness (QED) is 0.758. The number of ether oxygens (including phenoxy) is 1. The van der Waals surface area contributed by atoms with Crippen molar-refractivity contribution in [2.75, 3.05) is 19.0 Å². The van der Waals surface area contributed by atoms with Gasteiger partial charge in [0.15, 0.2) is 0 Å². The van der Waals surface area contributed by atoms with Gasteiger partial charge in [0.25, 0.3) is 0 Å². The second-order valence-corrected chi connectivity index (χ2v) is 4.79. The summed E-state index contributed by atoms with van der Waals surface area (Å²) in [6.45, 7) is 0.686. The smallest absolute Gasteiger partial charge is 0.322 e. The van der Waals surface area contributed by atoms with Crippen molar-refractivity contribution in [2.24, 2.45) is 0 Å². The predicted octanol–water partition coefficient (Wildman–Crippen LogP) is 2.67. The van der Waals surface area contributed by atoms with Gasteiger partial charge in [0, 0.05) is 23.6 Å². The molecule has 2 N–H and O–H groups in total. The highest BCUT2D eigenvalue weighted by Gasteiger charge is 2.06. The van der Waals surface area contributed by atoms with E-state index in [4.69, 9.17) is 16.3 Å². The second kappa shape index (κ2) is 5.97. The molecule has 6 nitrogen and oxygen atoms in total. The summed E-state index contributed by atoms with van der Waals surface area (Å²) in [5, 5.41) is 4.46. The number of hydrogen-bond donors (Lipinski definition) is 2. The summed E-state index contributed by atoms with van der Waals surface area (Å²) in [5.74, 6) is 0.409. The number of nitrogens with one attached hydrogen (secondary N) is 2. The Labute approximate surface area is 126 Å². The van der Waals surface area contributed by atoms with E-state index in [1.54, 1.807) is 0 Å². The molecule has 0 atom stereocenters. The lowest BCUT2D eigenvalue weighted by molar-refractivity contribution is 0.379. The molecule has 3 aromatic rings. The molecule has 2 heterocycles. The molecule has 0 bridgehead atoms. The number of rotatable bonds is 5. The summed E-state index contributed by atoms with van der Waals surface area (Å²) >= 11 is 5.80. The summed E-state index contributed by atoms with van der Waals surface area (Å²) in [4.78, 5) is 15.2. The van der Waals surface area contributed by atoms with Crippen LogP contribution in [0.3, 0.4) is 0 Å². The number of methoxy groups -OCH3 is 1. The molecule has 0 fully saturated rings. The largest absolute Gasteiger partial charge is 0.467 e. The molecule has 0 radical (unpaired) electrons. The van der Waals surface area contributed by atoms with Crippen LogP contribution in [0, 0.1) is 0 Å². The highest BCUT2D eigenvalue weighted by atomic mass is 35.5. The van der Waals surface area contributed by atoms with Gasteiger partial charge in [-0.1, -0.05) is 18.2 Å². The van der Waals surface area contributed by atoms with E-state index >= 15 is 0 Å². The van der Waals surface area contributed by atoms with Crippen molar-refractivity contribution in [1.29, 1.82) is 0 Å². The first-order valence-corrected chi connectivity index (χ1v) is 6.88. The SMILES string of the molecule is COc1nc(Cl)nc(NCCc2c[nH]c3ccccc23)n1. The Morgan fingerprint density at radius 3 is 2.95 bits per heavy atom. The van der Waals surface area contributed by atoms with Crippen LogP contribution in [0.1, 0.15) is 5.56 Å². The average molecular weight is 304 g/mol. The molecule has 0 saturated carbocycles. The third kappa shape index (κ3) is 3.05. The lowest BCUT2D eigenvalue weighted by Gasteiger charge is -2.05. The Morgan fingerprint density at radius 2 is 2.10 bits per heavy atom. The number of benzene rings is 1. The van der Waals surface area contributed by atoms with Crippen molar-refractivity contribution in [3.05, 3.63) is 41.3 Å². The van der Waals surface area contributed by atoms with Gasteiger partial charge in [0.1, 0.15) is 0 Å². The van der Waals surface area contributed by atoms with Crippen LogP contribution in [0.5, 0.6) is 6.01 Å². The van der Waals surface area contributed by atoms with E-state index < -0.39 is 0 Å². The third-order valence-corrected chi connectivity index (χ3v) is 3.29. The highest BCUT2D eigenvalue weighted by molar-refractivity contribution is 6.28. The van der Waals surface area contributed by atoms with Crippen LogP contribution in [0.25, 0.3) is 10.9 Å². The summed E-state index contributed by atoms with van der Waals surface area (Å²) < 4.78 is 4.95. The van der Waals surface area contributed by atoms with Crippen LogP contribution in [0.4, 0.5) is 5.95 Å². The fraction of sp³-hybridized carbons (Fsp3) is 0.214. The van der Waals surface area contributed by atoms with Gasteiger partial charge < -0.3 is 15.0 Å². The number of halogens is 1. The van der Waals surface area contributed by atoms with Crippen molar-refractivity contribution < 1.29 is 4.74 Å². The van der Waals surface area contributed by atoms with Crippen molar-refractivity contribution >= 4 is 28.5 Å². The lowest BCUT2D eigenvalue weighted by atomic mass is 10.1. The Morgan fingerprint density at radius 1 is 1.24 bits per heavy atom. The summed E-state index contributed by atoms with van der Waals surface area (Å²) in [6, 6.07) is 8.40. The maximum atomic E-state index is 5.80. The minimum Gasteiger partial charge on any atom is -0.467 e. The summed E-state index contributed by atoms with van der Waals surface area (Å²) in [5.41, 5.74) is 2.38. The molecule has 1 aromatic carbocycles. The van der Waals surface area contributed by atoms with Gasteiger partial charge in [-0.25, -0.2) is 0 Å². The number of anilines is 1. The fourth-order valence-electron chi connectivity index (χ4n) is 2.15. The van der Waals surface area contributed by atoms with E-state index in [1.165, 1.54) is 18.1 Å². The molecule has 0 unspecified atom stereocenters. The molecule has 0 spiro atoms. The normalized spacial score (nSPS) is 10.8. The van der Waals surface area contributed by atoms with E-state index in [9.17, 15) is 0 Å². The molecular weight excluding hydrogens is 290 g/mol. The predicted molar refractivity (Wildman–Crippen MR) is 81.9 cm³/mol. The zero-order valence-electron chi connectivity index (χ0n) is 11.4. The molecule has 0 aliphatic carbocycles. The Bertz CT molecular complexity index is 758. The van der Waals surface area contributed by atoms with Gasteiger partial charge >= 0.3 is 6.01 Å². The minimum atomic E-state index is 0.108. The van der Waals surface area contributed by atoms with E-state index in [2.05, 4.69) is 37.4 Å². The van der Waals surface area contributed by atoms with E-state index in [-0.39, 0.29) is 11.3 Å². The van der Waals surface area contributed by atoms with Gasteiger partial charge in [-0.05, 0) is 29.7 Å². The Hall–Kier alpha value is -2.34. The number of H-pyrrole nitrogens is 1. The van der Waals surface area contributed by atoms with Crippen LogP contribution < -0.4 is 10.1 Å². The molecule has 21 heavy (non-hydrogen) atoms. The number of nitrogens with zero attached hydrogens (tertiary/aromatic N) is 3. The van der Waals surface area contributed by atoms with E-state index in [0.29, 0.717) is 12.5 Å². The second-order valence-electron chi connectivity index (χ2n) is 4.45. The van der Waals surface area contributed by atoms with E-state index in [1.807, 2.05) is 18.3 Å². The van der Waals surface area contributed by atoms with Crippen molar-refractivity contribution in [3.63, 3.8) is 0 Å². The molecule has 0 saturated heterocycles. The Kier molecular flexibility index (Phi) is 3.87. The molecule has 2 aromatic heterocycles. The van der Waals surface area contributed by atoms with Crippen LogP contribution in [-0.2, 0) is 6.42 Å². The minimum absolute atomic E-state index is 0.108. The zero-order chi connectivity index (χ0) is 14.7. The first kappa shape index (κ1) is 13.6. The van der Waals surface area contributed by atoms with Crippen LogP contribution in [0.15, 0.2) is 30.5 Å². The van der Waals surface area contributed by atoms with Gasteiger partial charge in [-0.15, -0.1) is 0 Å². The topological polar surface area (TPSA) is 75.7 Å². The maximum absolute atomic E-state index is 5.80. The molecule has 3 rings (SSSR count). The van der Waals surface area contributed by atoms with Crippen molar-refractivity contribution in [3.8, 4) is 6.01 Å². The maximum Gasteiger partial charge on any atom is 0.322 e. The standard InChI is InChI=1S/C14H14ClN5O/c1-21-14-19-12(15)18-13(20-14)16-7-6-9-8-17-11-5-3-2-4-10(9)11/h2-5,8,17H,6-7H2,1H3,(H,16,18,19,20). The first-order chi connectivity index (χ1) is 10.3. The number of fused-ring (bicyclic) bond motifs is 1. The van der Waals surface area contributed by atoms with Crippen LogP contribution in [0.2, 0.25) is 5.28 Å². The van der Waals surface area contributed by atoms with E-state index in [0.717, 1.165) is 11.9 Å². The molecule has 0 aliphatic heterocycles. The molecule has 7 heteroatoms. The highest BCUT2D eigenvalue weighted by Crippen LogP contribution is 2.18. The average Bonchev–Trinajstić information content (AvgIpc) is 2.90. The zero-order valence-corrected chi connectivity index (χ0v) is 12.2. The van der Waals surface area contributed by atoms with Gasteiger partial charge in [-0.2, -0.15) is 15.0 Å². The molecule has 0 aliphatic rings. The van der Waals surface area contributed by atoms with Gasteiger partial charge in [0.05, 0.1) is 7.11 Å². The molecular formula is C14H14ClN5O.